The maximum absolute atomic E-state index is 12.2. The highest BCUT2D eigenvalue weighted by Gasteiger charge is 2.38. The molecule has 0 aromatic carbocycles. The van der Waals surface area contributed by atoms with Crippen molar-refractivity contribution in [3.8, 4) is 0 Å². The first-order chi connectivity index (χ1) is 9.14. The average Bonchev–Trinajstić information content (AvgIpc) is 2.47. The second kappa shape index (κ2) is 10.3. The van der Waals surface area contributed by atoms with E-state index in [0.29, 0.717) is 50.7 Å². The summed E-state index contributed by atoms with van der Waals surface area (Å²) in [6.45, 7) is 2.05. The highest BCUT2D eigenvalue weighted by molar-refractivity contribution is 7.99. The number of carbonyl (C=O) groups is 2. The van der Waals surface area contributed by atoms with Crippen LogP contribution in [0.5, 0.6) is 0 Å². The van der Waals surface area contributed by atoms with Gasteiger partial charge in [-0.25, -0.2) is 0 Å². The summed E-state index contributed by atoms with van der Waals surface area (Å²) in [5.41, 5.74) is 5.26. The number of hydrogen-bond acceptors (Lipinski definition) is 6. The molecule has 1 aliphatic heterocycles. The predicted octanol–water partition coefficient (Wildman–Crippen LogP) is 0.186. The van der Waals surface area contributed by atoms with Crippen molar-refractivity contribution in [2.24, 2.45) is 11.1 Å². The van der Waals surface area contributed by atoms with E-state index >= 15 is 0 Å². The molecule has 0 radical (unpaired) electrons. The van der Waals surface area contributed by atoms with Gasteiger partial charge in [-0.05, 0) is 12.8 Å². The van der Waals surface area contributed by atoms with Gasteiger partial charge in [-0.2, -0.15) is 0 Å². The van der Waals surface area contributed by atoms with Crippen LogP contribution in [-0.2, 0) is 19.1 Å². The Bertz CT molecular complexity index is 312. The standard InChI is InChI=1S/C12H22N2O4S.ClH/c1-17-10(15)8-19-7-4-14-11(16)12(9-13)2-5-18-6-3-12;/h2-9,13H2,1H3,(H,14,16);1H. The van der Waals surface area contributed by atoms with Gasteiger partial charge in [0.25, 0.3) is 0 Å². The van der Waals surface area contributed by atoms with Crippen LogP contribution in [0.4, 0.5) is 0 Å². The molecule has 0 spiro atoms. The molecule has 0 atom stereocenters. The molecule has 8 heteroatoms. The third-order valence-corrected chi connectivity index (χ3v) is 4.23. The molecule has 1 rings (SSSR count). The lowest BCUT2D eigenvalue weighted by Crippen LogP contribution is -2.49. The molecule has 0 saturated carbocycles. The molecule has 1 heterocycles. The molecule has 118 valence electrons. The number of esters is 1. The minimum Gasteiger partial charge on any atom is -0.468 e. The number of carbonyl (C=O) groups excluding carboxylic acids is 2. The van der Waals surface area contributed by atoms with Crippen LogP contribution in [0.1, 0.15) is 12.8 Å². The first-order valence-corrected chi connectivity index (χ1v) is 7.51. The van der Waals surface area contributed by atoms with Gasteiger partial charge in [-0.1, -0.05) is 0 Å². The molecule has 0 aromatic rings. The summed E-state index contributed by atoms with van der Waals surface area (Å²) in [5, 5.41) is 2.89. The molecule has 1 amide bonds. The van der Waals surface area contributed by atoms with Crippen LogP contribution in [0.3, 0.4) is 0 Å². The monoisotopic (exact) mass is 326 g/mol. The molecular weight excluding hydrogens is 304 g/mol. The Balaban J connectivity index is 0.00000361. The van der Waals surface area contributed by atoms with Gasteiger partial charge in [0.05, 0.1) is 18.3 Å². The van der Waals surface area contributed by atoms with Crippen LogP contribution in [-0.4, -0.2) is 56.8 Å². The summed E-state index contributed by atoms with van der Waals surface area (Å²) in [4.78, 5) is 23.0. The minimum absolute atomic E-state index is 0. The Labute approximate surface area is 129 Å². The number of methoxy groups -OCH3 is 1. The van der Waals surface area contributed by atoms with Crippen LogP contribution < -0.4 is 11.1 Å². The first kappa shape index (κ1) is 19.5. The molecule has 3 N–H and O–H groups in total. The van der Waals surface area contributed by atoms with E-state index in [1.165, 1.54) is 18.9 Å². The van der Waals surface area contributed by atoms with Crippen molar-refractivity contribution >= 4 is 36.0 Å². The van der Waals surface area contributed by atoms with Gasteiger partial charge in [0.2, 0.25) is 5.91 Å². The number of amides is 1. The van der Waals surface area contributed by atoms with E-state index in [9.17, 15) is 9.59 Å². The third kappa shape index (κ3) is 5.87. The van der Waals surface area contributed by atoms with Crippen LogP contribution in [0.2, 0.25) is 0 Å². The van der Waals surface area contributed by atoms with Gasteiger partial charge in [-0.3, -0.25) is 9.59 Å². The second-order valence-electron chi connectivity index (χ2n) is 4.48. The number of ether oxygens (including phenoxy) is 2. The highest BCUT2D eigenvalue weighted by Crippen LogP contribution is 2.29. The topological polar surface area (TPSA) is 90.7 Å². The fourth-order valence-electron chi connectivity index (χ4n) is 1.92. The van der Waals surface area contributed by atoms with E-state index in [0.717, 1.165) is 0 Å². The predicted molar refractivity (Wildman–Crippen MR) is 81.1 cm³/mol. The molecule has 1 aliphatic rings. The van der Waals surface area contributed by atoms with Crippen molar-refractivity contribution in [3.63, 3.8) is 0 Å². The summed E-state index contributed by atoms with van der Waals surface area (Å²) < 4.78 is 9.80. The Morgan fingerprint density at radius 1 is 1.40 bits per heavy atom. The zero-order valence-corrected chi connectivity index (χ0v) is 13.3. The zero-order valence-electron chi connectivity index (χ0n) is 11.7. The van der Waals surface area contributed by atoms with Gasteiger partial charge in [0, 0.05) is 32.1 Å². The normalized spacial score (nSPS) is 16.9. The van der Waals surface area contributed by atoms with Crippen molar-refractivity contribution in [3.05, 3.63) is 0 Å². The van der Waals surface area contributed by atoms with E-state index in [1.807, 2.05) is 0 Å². The maximum Gasteiger partial charge on any atom is 0.315 e. The molecule has 0 unspecified atom stereocenters. The molecule has 0 aromatic heterocycles. The molecule has 1 fully saturated rings. The number of hydrogen-bond donors (Lipinski definition) is 2. The third-order valence-electron chi connectivity index (χ3n) is 3.30. The fourth-order valence-corrected chi connectivity index (χ4v) is 2.60. The number of nitrogens with two attached hydrogens (primary N) is 1. The van der Waals surface area contributed by atoms with Gasteiger partial charge < -0.3 is 20.5 Å². The molecule has 0 bridgehead atoms. The smallest absolute Gasteiger partial charge is 0.315 e. The van der Waals surface area contributed by atoms with Crippen molar-refractivity contribution < 1.29 is 19.1 Å². The summed E-state index contributed by atoms with van der Waals surface area (Å²) in [6.07, 6.45) is 1.34. The first-order valence-electron chi connectivity index (χ1n) is 6.35. The van der Waals surface area contributed by atoms with Gasteiger partial charge in [0.1, 0.15) is 0 Å². The Kier molecular flexibility index (Phi) is 10.0. The van der Waals surface area contributed by atoms with Crippen molar-refractivity contribution in [1.82, 2.24) is 5.32 Å². The van der Waals surface area contributed by atoms with Crippen LogP contribution in [0.25, 0.3) is 0 Å². The van der Waals surface area contributed by atoms with Crippen LogP contribution in [0, 0.1) is 5.41 Å². The Morgan fingerprint density at radius 3 is 2.60 bits per heavy atom. The zero-order chi connectivity index (χ0) is 14.1. The number of rotatable bonds is 7. The number of nitrogens with one attached hydrogen (secondary N) is 1. The lowest BCUT2D eigenvalue weighted by Gasteiger charge is -2.34. The molecule has 6 nitrogen and oxygen atoms in total. The quantitative estimate of drug-likeness (QED) is 0.512. The molecule has 0 aliphatic carbocycles. The summed E-state index contributed by atoms with van der Waals surface area (Å²) in [6, 6.07) is 0. The minimum atomic E-state index is -0.481. The largest absolute Gasteiger partial charge is 0.468 e. The number of halogens is 1. The highest BCUT2D eigenvalue weighted by atomic mass is 35.5. The van der Waals surface area contributed by atoms with Crippen molar-refractivity contribution in [2.75, 3.05) is 44.9 Å². The molecule has 20 heavy (non-hydrogen) atoms. The van der Waals surface area contributed by atoms with Crippen LogP contribution >= 0.6 is 24.2 Å². The summed E-state index contributed by atoms with van der Waals surface area (Å²) >= 11 is 1.44. The van der Waals surface area contributed by atoms with Gasteiger partial charge >= 0.3 is 5.97 Å². The maximum atomic E-state index is 12.2. The summed E-state index contributed by atoms with van der Waals surface area (Å²) in [5.74, 6) is 0.733. The van der Waals surface area contributed by atoms with Gasteiger partial charge in [-0.15, -0.1) is 24.2 Å². The fraction of sp³-hybridized carbons (Fsp3) is 0.833. The lowest BCUT2D eigenvalue weighted by atomic mass is 9.79. The van der Waals surface area contributed by atoms with E-state index in [2.05, 4.69) is 10.1 Å². The lowest BCUT2D eigenvalue weighted by molar-refractivity contribution is -0.137. The Morgan fingerprint density at radius 2 is 2.05 bits per heavy atom. The summed E-state index contributed by atoms with van der Waals surface area (Å²) in [7, 11) is 1.36. The van der Waals surface area contributed by atoms with E-state index in [4.69, 9.17) is 10.5 Å². The SMILES string of the molecule is COC(=O)CSCCNC(=O)C1(CN)CCOCC1.Cl. The van der Waals surface area contributed by atoms with Crippen molar-refractivity contribution in [1.29, 1.82) is 0 Å². The Hall–Kier alpha value is -0.500. The van der Waals surface area contributed by atoms with Crippen LogP contribution in [0.15, 0.2) is 0 Å². The molecular formula is C12H23ClN2O4S. The number of thioether (sulfide) groups is 1. The van der Waals surface area contributed by atoms with E-state index < -0.39 is 5.41 Å². The van der Waals surface area contributed by atoms with Gasteiger partial charge in [0.15, 0.2) is 0 Å². The van der Waals surface area contributed by atoms with E-state index in [1.54, 1.807) is 0 Å². The average molecular weight is 327 g/mol. The van der Waals surface area contributed by atoms with Crippen molar-refractivity contribution in [2.45, 2.75) is 12.8 Å². The molecule has 1 saturated heterocycles. The van der Waals surface area contributed by atoms with E-state index in [-0.39, 0.29) is 24.3 Å². The second-order valence-corrected chi connectivity index (χ2v) is 5.59.